The van der Waals surface area contributed by atoms with Crippen LogP contribution in [0.2, 0.25) is 0 Å². The third-order valence-corrected chi connectivity index (χ3v) is 2.22. The quantitative estimate of drug-likeness (QED) is 0.859. The van der Waals surface area contributed by atoms with Gasteiger partial charge in [-0.15, -0.1) is 0 Å². The van der Waals surface area contributed by atoms with E-state index in [0.717, 1.165) is 0 Å². The summed E-state index contributed by atoms with van der Waals surface area (Å²) in [6.45, 7) is -0.0630. The molecule has 1 heterocycles. The van der Waals surface area contributed by atoms with E-state index in [-0.39, 0.29) is 12.2 Å². The molecule has 1 aromatic heterocycles. The molecule has 1 N–H and O–H groups in total. The van der Waals surface area contributed by atoms with Gasteiger partial charge < -0.3 is 4.74 Å². The highest BCUT2D eigenvalue weighted by Crippen LogP contribution is 2.39. The molecule has 0 aliphatic rings. The lowest BCUT2D eigenvalue weighted by atomic mass is 10.1. The van der Waals surface area contributed by atoms with Crippen molar-refractivity contribution in [1.29, 1.82) is 0 Å². The number of aromatic nitrogens is 2. The highest BCUT2D eigenvalue weighted by atomic mass is 19.4. The number of nitrogens with one attached hydrogen (secondary N) is 1. The van der Waals surface area contributed by atoms with Crippen LogP contribution in [-0.4, -0.2) is 16.7 Å². The van der Waals surface area contributed by atoms with E-state index in [4.69, 9.17) is 0 Å². The van der Waals surface area contributed by atoms with Crippen molar-refractivity contribution in [2.24, 2.45) is 0 Å². The van der Waals surface area contributed by atoms with Crippen LogP contribution in [0, 0.1) is 0 Å². The number of carbonyl (C=O) groups is 1. The van der Waals surface area contributed by atoms with Crippen LogP contribution < -0.4 is 4.74 Å². The van der Waals surface area contributed by atoms with Gasteiger partial charge in [-0.25, -0.2) is 0 Å². The second-order valence-electron chi connectivity index (χ2n) is 3.35. The number of halogens is 3. The van der Waals surface area contributed by atoms with Crippen LogP contribution in [0.1, 0.15) is 5.69 Å². The number of rotatable bonds is 3. The number of hydrogen-bond donors (Lipinski definition) is 1. The summed E-state index contributed by atoms with van der Waals surface area (Å²) in [7, 11) is 0. The Morgan fingerprint density at radius 2 is 1.89 bits per heavy atom. The molecule has 0 bridgehead atoms. The van der Waals surface area contributed by atoms with Crippen molar-refractivity contribution in [3.05, 3.63) is 36.0 Å². The normalized spacial score (nSPS) is 11.3. The maximum Gasteiger partial charge on any atom is 0.436 e. The first-order valence-electron chi connectivity index (χ1n) is 4.85. The van der Waals surface area contributed by atoms with Gasteiger partial charge in [0.05, 0.1) is 0 Å². The van der Waals surface area contributed by atoms with Crippen molar-refractivity contribution < 1.29 is 22.7 Å². The molecule has 94 valence electrons. The van der Waals surface area contributed by atoms with Gasteiger partial charge in [0.15, 0.2) is 11.4 Å². The van der Waals surface area contributed by atoms with E-state index in [2.05, 4.69) is 9.84 Å². The molecule has 7 heteroatoms. The molecular formula is C11H7F3N2O2. The fourth-order valence-corrected chi connectivity index (χ4v) is 1.48. The maximum atomic E-state index is 12.6. The van der Waals surface area contributed by atoms with E-state index in [1.165, 1.54) is 0 Å². The summed E-state index contributed by atoms with van der Waals surface area (Å²) in [5.74, 6) is -0.622. The molecule has 0 aliphatic heterocycles. The number of carbonyl (C=O) groups excluding carboxylic acids is 1. The molecular weight excluding hydrogens is 249 g/mol. The predicted molar refractivity (Wildman–Crippen MR) is 55.7 cm³/mol. The molecule has 0 unspecified atom stereocenters. The molecule has 0 amide bonds. The lowest BCUT2D eigenvalue weighted by molar-refractivity contribution is -0.143. The maximum absolute atomic E-state index is 12.6. The van der Waals surface area contributed by atoms with E-state index >= 15 is 0 Å². The smallest absolute Gasteiger partial charge is 0.424 e. The van der Waals surface area contributed by atoms with Crippen LogP contribution >= 0.6 is 0 Å². The van der Waals surface area contributed by atoms with Gasteiger partial charge in [0.2, 0.25) is 0 Å². The lowest BCUT2D eigenvalue weighted by Gasteiger charge is -2.06. The van der Waals surface area contributed by atoms with E-state index in [9.17, 15) is 18.0 Å². The SMILES string of the molecule is O=COc1c(-c2ccccc2)n[nH]c1C(F)(F)F. The van der Waals surface area contributed by atoms with Gasteiger partial charge in [0.1, 0.15) is 5.69 Å². The van der Waals surface area contributed by atoms with Crippen LogP contribution in [-0.2, 0) is 11.0 Å². The van der Waals surface area contributed by atoms with Crippen LogP contribution in [0.15, 0.2) is 30.3 Å². The number of ether oxygens (including phenoxy) is 1. The zero-order chi connectivity index (χ0) is 13.2. The summed E-state index contributed by atoms with van der Waals surface area (Å²) in [6, 6.07) is 8.12. The fraction of sp³-hybridized carbons (Fsp3) is 0.0909. The number of nitrogens with zero attached hydrogens (tertiary/aromatic N) is 1. The monoisotopic (exact) mass is 256 g/mol. The highest BCUT2D eigenvalue weighted by molar-refractivity contribution is 5.69. The van der Waals surface area contributed by atoms with Crippen molar-refractivity contribution in [3.63, 3.8) is 0 Å². The Bertz CT molecular complexity index is 549. The molecule has 4 nitrogen and oxygen atoms in total. The van der Waals surface area contributed by atoms with E-state index < -0.39 is 17.6 Å². The number of aromatic amines is 1. The minimum atomic E-state index is -4.67. The Balaban J connectivity index is 2.56. The van der Waals surface area contributed by atoms with Crippen molar-refractivity contribution in [2.75, 3.05) is 0 Å². The lowest BCUT2D eigenvalue weighted by Crippen LogP contribution is -2.08. The number of H-pyrrole nitrogens is 1. The Hall–Kier alpha value is -2.31. The summed E-state index contributed by atoms with van der Waals surface area (Å²) in [5.41, 5.74) is -0.829. The van der Waals surface area contributed by atoms with Crippen LogP contribution in [0.5, 0.6) is 5.75 Å². The van der Waals surface area contributed by atoms with Crippen molar-refractivity contribution >= 4 is 6.47 Å². The predicted octanol–water partition coefficient (Wildman–Crippen LogP) is 2.63. The van der Waals surface area contributed by atoms with Crippen molar-refractivity contribution in [1.82, 2.24) is 10.2 Å². The fourth-order valence-electron chi connectivity index (χ4n) is 1.48. The highest BCUT2D eigenvalue weighted by Gasteiger charge is 2.38. The van der Waals surface area contributed by atoms with Crippen LogP contribution in [0.3, 0.4) is 0 Å². The third-order valence-electron chi connectivity index (χ3n) is 2.22. The summed E-state index contributed by atoms with van der Waals surface area (Å²) in [6.07, 6.45) is -4.67. The van der Waals surface area contributed by atoms with Crippen molar-refractivity contribution in [2.45, 2.75) is 6.18 Å². The van der Waals surface area contributed by atoms with Gasteiger partial charge in [0, 0.05) is 5.56 Å². The first kappa shape index (κ1) is 12.2. The minimum absolute atomic E-state index is 0.0602. The molecule has 0 aliphatic carbocycles. The second kappa shape index (κ2) is 4.52. The van der Waals surface area contributed by atoms with Gasteiger partial charge in [0.25, 0.3) is 6.47 Å². The molecule has 1 aromatic carbocycles. The average Bonchev–Trinajstić information content (AvgIpc) is 2.74. The molecule has 0 saturated carbocycles. The number of hydrogen-bond acceptors (Lipinski definition) is 3. The van der Waals surface area contributed by atoms with Gasteiger partial charge >= 0.3 is 6.18 Å². The first-order chi connectivity index (χ1) is 8.54. The molecule has 0 radical (unpaired) electrons. The van der Waals surface area contributed by atoms with Crippen molar-refractivity contribution in [3.8, 4) is 17.0 Å². The first-order valence-corrected chi connectivity index (χ1v) is 4.85. The van der Waals surface area contributed by atoms with Gasteiger partial charge in [-0.1, -0.05) is 30.3 Å². The molecule has 0 spiro atoms. The molecule has 18 heavy (non-hydrogen) atoms. The van der Waals surface area contributed by atoms with E-state index in [1.54, 1.807) is 30.3 Å². The van der Waals surface area contributed by atoms with Crippen LogP contribution in [0.4, 0.5) is 13.2 Å². The van der Waals surface area contributed by atoms with Gasteiger partial charge in [-0.2, -0.15) is 18.3 Å². The largest absolute Gasteiger partial charge is 0.436 e. The van der Waals surface area contributed by atoms with E-state index in [1.807, 2.05) is 5.10 Å². The Labute approximate surface area is 99.4 Å². The Morgan fingerprint density at radius 3 is 2.44 bits per heavy atom. The summed E-state index contributed by atoms with van der Waals surface area (Å²) < 4.78 is 42.3. The third kappa shape index (κ3) is 2.20. The topological polar surface area (TPSA) is 55.0 Å². The van der Waals surface area contributed by atoms with Gasteiger partial charge in [-0.05, 0) is 0 Å². The van der Waals surface area contributed by atoms with Gasteiger partial charge in [-0.3, -0.25) is 9.89 Å². The van der Waals surface area contributed by atoms with Crippen LogP contribution in [0.25, 0.3) is 11.3 Å². The molecule has 2 rings (SSSR count). The number of benzene rings is 1. The molecule has 0 atom stereocenters. The number of alkyl halides is 3. The Kier molecular flexibility index (Phi) is 3.05. The summed E-state index contributed by atoms with van der Waals surface area (Å²) in [5, 5.41) is 5.38. The summed E-state index contributed by atoms with van der Waals surface area (Å²) in [4.78, 5) is 10.3. The van der Waals surface area contributed by atoms with E-state index in [0.29, 0.717) is 5.56 Å². The second-order valence-corrected chi connectivity index (χ2v) is 3.35. The minimum Gasteiger partial charge on any atom is -0.424 e. The Morgan fingerprint density at radius 1 is 1.22 bits per heavy atom. The average molecular weight is 256 g/mol. The molecule has 0 saturated heterocycles. The zero-order valence-electron chi connectivity index (χ0n) is 8.86. The standard InChI is InChI=1S/C11H7F3N2O2/c12-11(13,14)10-9(18-6-17)8(15-16-10)7-4-2-1-3-5-7/h1-6H,(H,15,16). The molecule has 0 fully saturated rings. The summed E-state index contributed by atoms with van der Waals surface area (Å²) >= 11 is 0. The molecule has 2 aromatic rings. The zero-order valence-corrected chi connectivity index (χ0v) is 8.86.